The van der Waals surface area contributed by atoms with Gasteiger partial charge in [0.1, 0.15) is 11.5 Å². The number of nitrogens with one attached hydrogen (secondary N) is 1. The minimum atomic E-state index is -0.414. The van der Waals surface area contributed by atoms with Crippen molar-refractivity contribution in [2.75, 3.05) is 19.5 Å². The quantitative estimate of drug-likeness (QED) is 0.565. The SMILES string of the molecule is COc1cc(Nc2ccc([N+](=O)[O-])c3cnccc23)cc(OC)c1. The summed E-state index contributed by atoms with van der Waals surface area (Å²) in [5, 5.41) is 15.6. The van der Waals surface area contributed by atoms with E-state index in [1.54, 1.807) is 38.6 Å². The third-order valence-corrected chi connectivity index (χ3v) is 3.62. The Morgan fingerprint density at radius 2 is 1.75 bits per heavy atom. The zero-order chi connectivity index (χ0) is 17.1. The van der Waals surface area contributed by atoms with E-state index in [9.17, 15) is 10.1 Å². The Balaban J connectivity index is 2.08. The van der Waals surface area contributed by atoms with Crippen molar-refractivity contribution in [2.45, 2.75) is 0 Å². The van der Waals surface area contributed by atoms with Crippen LogP contribution in [0, 0.1) is 10.1 Å². The molecule has 2 aromatic carbocycles. The standard InChI is InChI=1S/C17H15N3O4/c1-23-12-7-11(8-13(9-12)24-2)19-16-3-4-17(20(21)22)15-10-18-6-5-14(15)16/h3-10,19H,1-2H3. The lowest BCUT2D eigenvalue weighted by Gasteiger charge is -2.12. The largest absolute Gasteiger partial charge is 0.497 e. The average molecular weight is 325 g/mol. The van der Waals surface area contributed by atoms with E-state index in [1.165, 1.54) is 12.3 Å². The van der Waals surface area contributed by atoms with Crippen molar-refractivity contribution in [3.05, 3.63) is 58.9 Å². The highest BCUT2D eigenvalue weighted by atomic mass is 16.6. The van der Waals surface area contributed by atoms with Crippen LogP contribution in [0.3, 0.4) is 0 Å². The molecule has 24 heavy (non-hydrogen) atoms. The number of aromatic nitrogens is 1. The summed E-state index contributed by atoms with van der Waals surface area (Å²) < 4.78 is 10.5. The van der Waals surface area contributed by atoms with Crippen LogP contribution in [-0.4, -0.2) is 24.1 Å². The molecule has 3 aromatic rings. The third kappa shape index (κ3) is 2.91. The molecule has 0 unspecified atom stereocenters. The van der Waals surface area contributed by atoms with Crippen molar-refractivity contribution >= 4 is 27.8 Å². The fourth-order valence-corrected chi connectivity index (χ4v) is 2.48. The molecule has 3 rings (SSSR count). The van der Waals surface area contributed by atoms with Crippen LogP contribution in [0.25, 0.3) is 10.8 Å². The monoisotopic (exact) mass is 325 g/mol. The first-order valence-electron chi connectivity index (χ1n) is 7.13. The molecule has 0 bridgehead atoms. The van der Waals surface area contributed by atoms with Crippen LogP contribution in [0.5, 0.6) is 11.5 Å². The normalized spacial score (nSPS) is 10.4. The van der Waals surface area contributed by atoms with Crippen LogP contribution >= 0.6 is 0 Å². The van der Waals surface area contributed by atoms with Crippen LogP contribution in [0.4, 0.5) is 17.1 Å². The zero-order valence-corrected chi connectivity index (χ0v) is 13.1. The van der Waals surface area contributed by atoms with Crippen molar-refractivity contribution in [3.8, 4) is 11.5 Å². The lowest BCUT2D eigenvalue weighted by molar-refractivity contribution is -0.383. The highest BCUT2D eigenvalue weighted by molar-refractivity contribution is 6.00. The fraction of sp³-hybridized carbons (Fsp3) is 0.118. The lowest BCUT2D eigenvalue weighted by atomic mass is 10.1. The molecule has 0 spiro atoms. The van der Waals surface area contributed by atoms with Gasteiger partial charge < -0.3 is 14.8 Å². The van der Waals surface area contributed by atoms with Crippen LogP contribution in [0.2, 0.25) is 0 Å². The van der Waals surface area contributed by atoms with Crippen LogP contribution < -0.4 is 14.8 Å². The molecule has 7 heteroatoms. The average Bonchev–Trinajstić information content (AvgIpc) is 2.61. The molecule has 122 valence electrons. The minimum absolute atomic E-state index is 0.0203. The first-order valence-corrected chi connectivity index (χ1v) is 7.13. The molecule has 1 aromatic heterocycles. The molecule has 0 aliphatic heterocycles. The zero-order valence-electron chi connectivity index (χ0n) is 13.1. The van der Waals surface area contributed by atoms with E-state index in [0.29, 0.717) is 22.3 Å². The third-order valence-electron chi connectivity index (χ3n) is 3.62. The number of nitro benzene ring substituents is 1. The van der Waals surface area contributed by atoms with E-state index in [-0.39, 0.29) is 5.69 Å². The summed E-state index contributed by atoms with van der Waals surface area (Å²) >= 11 is 0. The second-order valence-corrected chi connectivity index (χ2v) is 5.04. The van der Waals surface area contributed by atoms with Gasteiger partial charge in [-0.3, -0.25) is 15.1 Å². The molecule has 1 N–H and O–H groups in total. The number of benzene rings is 2. The van der Waals surface area contributed by atoms with E-state index < -0.39 is 4.92 Å². The Kier molecular flexibility index (Phi) is 4.15. The molecule has 0 aliphatic carbocycles. The number of non-ortho nitro benzene ring substituents is 1. The fourth-order valence-electron chi connectivity index (χ4n) is 2.48. The van der Waals surface area contributed by atoms with E-state index in [4.69, 9.17) is 9.47 Å². The molecule has 0 aliphatic rings. The number of nitrogens with zero attached hydrogens (tertiary/aromatic N) is 2. The second-order valence-electron chi connectivity index (χ2n) is 5.04. The van der Waals surface area contributed by atoms with Crippen LogP contribution in [0.1, 0.15) is 0 Å². The van der Waals surface area contributed by atoms with Gasteiger partial charge in [0.15, 0.2) is 0 Å². The number of rotatable bonds is 5. The van der Waals surface area contributed by atoms with E-state index in [2.05, 4.69) is 10.3 Å². The Labute approximate surface area is 138 Å². The topological polar surface area (TPSA) is 86.5 Å². The number of ether oxygens (including phenoxy) is 2. The van der Waals surface area contributed by atoms with Gasteiger partial charge in [0.2, 0.25) is 0 Å². The number of hydrogen-bond acceptors (Lipinski definition) is 6. The van der Waals surface area contributed by atoms with Gasteiger partial charge in [0.05, 0.1) is 24.5 Å². The van der Waals surface area contributed by atoms with Crippen LogP contribution in [0.15, 0.2) is 48.8 Å². The molecule has 0 saturated heterocycles. The van der Waals surface area contributed by atoms with E-state index >= 15 is 0 Å². The molecule has 7 nitrogen and oxygen atoms in total. The van der Waals surface area contributed by atoms with E-state index in [1.807, 2.05) is 12.1 Å². The number of pyridine rings is 1. The smallest absolute Gasteiger partial charge is 0.278 e. The highest BCUT2D eigenvalue weighted by Crippen LogP contribution is 2.34. The molecular formula is C17H15N3O4. The lowest BCUT2D eigenvalue weighted by Crippen LogP contribution is -1.96. The van der Waals surface area contributed by atoms with Gasteiger partial charge >= 0.3 is 0 Å². The summed E-state index contributed by atoms with van der Waals surface area (Å²) in [7, 11) is 3.15. The summed E-state index contributed by atoms with van der Waals surface area (Å²) in [6.07, 6.45) is 3.09. The molecule has 0 amide bonds. The number of fused-ring (bicyclic) bond motifs is 1. The van der Waals surface area contributed by atoms with E-state index in [0.717, 1.165) is 11.4 Å². The molecule has 0 radical (unpaired) electrons. The Hall–Kier alpha value is -3.35. The minimum Gasteiger partial charge on any atom is -0.497 e. The maximum absolute atomic E-state index is 11.2. The number of anilines is 2. The highest BCUT2D eigenvalue weighted by Gasteiger charge is 2.14. The van der Waals surface area contributed by atoms with Crippen LogP contribution in [-0.2, 0) is 0 Å². The van der Waals surface area contributed by atoms with Crippen molar-refractivity contribution < 1.29 is 14.4 Å². The molecule has 0 saturated carbocycles. The van der Waals surface area contributed by atoms with Crippen molar-refractivity contribution in [1.29, 1.82) is 0 Å². The Bertz CT molecular complexity index is 889. The molecule has 0 fully saturated rings. The second kappa shape index (κ2) is 6.41. The summed E-state index contributed by atoms with van der Waals surface area (Å²) in [5.41, 5.74) is 1.50. The Morgan fingerprint density at radius 3 is 2.38 bits per heavy atom. The van der Waals surface area contributed by atoms with Gasteiger partial charge in [-0.05, 0) is 12.1 Å². The number of hydrogen-bond donors (Lipinski definition) is 1. The first-order chi connectivity index (χ1) is 11.6. The van der Waals surface area contributed by atoms with Crippen molar-refractivity contribution in [3.63, 3.8) is 0 Å². The molecular weight excluding hydrogens is 310 g/mol. The van der Waals surface area contributed by atoms with Gasteiger partial charge in [-0.2, -0.15) is 0 Å². The number of nitro groups is 1. The Morgan fingerprint density at radius 1 is 1.04 bits per heavy atom. The van der Waals surface area contributed by atoms with Crippen molar-refractivity contribution in [1.82, 2.24) is 4.98 Å². The number of methoxy groups -OCH3 is 2. The maximum Gasteiger partial charge on any atom is 0.278 e. The van der Waals surface area contributed by atoms with Gasteiger partial charge in [0.25, 0.3) is 5.69 Å². The first kappa shape index (κ1) is 15.5. The molecule has 1 heterocycles. The predicted molar refractivity (Wildman–Crippen MR) is 91.2 cm³/mol. The van der Waals surface area contributed by atoms with Gasteiger partial charge in [0, 0.05) is 53.4 Å². The van der Waals surface area contributed by atoms with Gasteiger partial charge in [-0.15, -0.1) is 0 Å². The molecule has 0 atom stereocenters. The summed E-state index contributed by atoms with van der Waals surface area (Å²) in [6.45, 7) is 0. The predicted octanol–water partition coefficient (Wildman–Crippen LogP) is 3.90. The van der Waals surface area contributed by atoms with Crippen molar-refractivity contribution in [2.24, 2.45) is 0 Å². The summed E-state index contributed by atoms with van der Waals surface area (Å²) in [6, 6.07) is 10.3. The van der Waals surface area contributed by atoms with Gasteiger partial charge in [-0.1, -0.05) is 0 Å². The maximum atomic E-state index is 11.2. The summed E-state index contributed by atoms with van der Waals surface area (Å²) in [4.78, 5) is 14.7. The summed E-state index contributed by atoms with van der Waals surface area (Å²) in [5.74, 6) is 1.29. The van der Waals surface area contributed by atoms with Gasteiger partial charge in [-0.25, -0.2) is 0 Å².